The van der Waals surface area contributed by atoms with Crippen LogP contribution >= 0.6 is 27.7 Å². The first-order chi connectivity index (χ1) is 17.1. The van der Waals surface area contributed by atoms with Crippen molar-refractivity contribution in [1.82, 2.24) is 20.2 Å². The number of nitrogens with zero attached hydrogens (tertiary/aromatic N) is 4. The second-order valence-corrected chi connectivity index (χ2v) is 9.28. The van der Waals surface area contributed by atoms with Crippen LogP contribution in [0.2, 0.25) is 0 Å². The third-order valence-electron chi connectivity index (χ3n) is 4.97. The number of hydrogen-bond donors (Lipinski definition) is 2. The van der Waals surface area contributed by atoms with Crippen molar-refractivity contribution in [1.29, 1.82) is 0 Å². The average Bonchev–Trinajstić information content (AvgIpc) is 3.30. The fraction of sp³-hybridized carbons (Fsp3) is 0.0769. The Morgan fingerprint density at radius 3 is 2.69 bits per heavy atom. The summed E-state index contributed by atoms with van der Waals surface area (Å²) in [6.45, 7) is 3.69. The molecular weight excluding hydrogens is 526 g/mol. The molecule has 1 amide bonds. The van der Waals surface area contributed by atoms with E-state index in [0.29, 0.717) is 23.0 Å². The average molecular weight is 548 g/mol. The molecule has 0 aliphatic heterocycles. The molecule has 3 aromatic carbocycles. The van der Waals surface area contributed by atoms with Gasteiger partial charge in [0.1, 0.15) is 5.75 Å². The van der Waals surface area contributed by atoms with Crippen LogP contribution in [0.1, 0.15) is 11.1 Å². The number of carbonyl (C=O) groups is 1. The fourth-order valence-corrected chi connectivity index (χ4v) is 4.50. The Morgan fingerprint density at radius 2 is 1.91 bits per heavy atom. The minimum atomic E-state index is -0.306. The van der Waals surface area contributed by atoms with Gasteiger partial charge in [0.2, 0.25) is 0 Å². The Morgan fingerprint density at radius 1 is 1.11 bits per heavy atom. The molecule has 0 spiro atoms. The van der Waals surface area contributed by atoms with Crippen molar-refractivity contribution in [3.63, 3.8) is 0 Å². The first-order valence-electron chi connectivity index (χ1n) is 10.7. The number of phenolic OH excluding ortho intramolecular Hbond substituents is 1. The van der Waals surface area contributed by atoms with E-state index < -0.39 is 0 Å². The van der Waals surface area contributed by atoms with Gasteiger partial charge in [0.05, 0.1) is 12.0 Å². The van der Waals surface area contributed by atoms with Crippen LogP contribution in [-0.4, -0.2) is 37.7 Å². The summed E-state index contributed by atoms with van der Waals surface area (Å²) >= 11 is 4.76. The number of benzene rings is 3. The van der Waals surface area contributed by atoms with Gasteiger partial charge < -0.3 is 5.11 Å². The quantitative estimate of drug-likeness (QED) is 0.127. The van der Waals surface area contributed by atoms with E-state index in [9.17, 15) is 9.90 Å². The van der Waals surface area contributed by atoms with Crippen molar-refractivity contribution in [2.24, 2.45) is 5.10 Å². The van der Waals surface area contributed by atoms with E-state index in [0.717, 1.165) is 21.3 Å². The third kappa shape index (κ3) is 6.06. The molecule has 0 saturated heterocycles. The van der Waals surface area contributed by atoms with E-state index in [2.05, 4.69) is 43.2 Å². The van der Waals surface area contributed by atoms with E-state index in [4.69, 9.17) is 0 Å². The Kier molecular flexibility index (Phi) is 8.12. The summed E-state index contributed by atoms with van der Waals surface area (Å²) in [4.78, 5) is 12.4. The number of hydrazone groups is 1. The molecule has 0 aliphatic carbocycles. The number of rotatable bonds is 9. The summed E-state index contributed by atoms with van der Waals surface area (Å²) in [6, 6.07) is 22.9. The highest BCUT2D eigenvalue weighted by molar-refractivity contribution is 9.10. The van der Waals surface area contributed by atoms with Gasteiger partial charge in [-0.25, -0.2) is 5.43 Å². The van der Waals surface area contributed by atoms with Gasteiger partial charge in [-0.05, 0) is 42.3 Å². The van der Waals surface area contributed by atoms with Crippen molar-refractivity contribution >= 4 is 39.8 Å². The molecule has 1 heterocycles. The van der Waals surface area contributed by atoms with Gasteiger partial charge in [0.15, 0.2) is 11.0 Å². The maximum atomic E-state index is 12.4. The molecule has 0 fully saturated rings. The van der Waals surface area contributed by atoms with Gasteiger partial charge in [0, 0.05) is 21.3 Å². The van der Waals surface area contributed by atoms with E-state index in [1.165, 1.54) is 18.0 Å². The van der Waals surface area contributed by atoms with Crippen molar-refractivity contribution in [2.45, 2.75) is 11.6 Å². The SMILES string of the molecule is C=CCc1cccc(C=NNC(=O)CSc2nnc(-c3cccc(Br)c3)n2-c2ccccc2)c1O. The second-order valence-electron chi connectivity index (χ2n) is 7.42. The number of aromatic hydroxyl groups is 1. The Hall–Kier alpha value is -3.69. The predicted octanol–water partition coefficient (Wildman–Crippen LogP) is 5.37. The van der Waals surface area contributed by atoms with Gasteiger partial charge in [-0.3, -0.25) is 9.36 Å². The maximum Gasteiger partial charge on any atom is 0.250 e. The lowest BCUT2D eigenvalue weighted by Crippen LogP contribution is -2.20. The summed E-state index contributed by atoms with van der Waals surface area (Å²) < 4.78 is 2.86. The number of amides is 1. The van der Waals surface area contributed by atoms with Crippen LogP contribution in [-0.2, 0) is 11.2 Å². The van der Waals surface area contributed by atoms with Crippen LogP contribution in [0.15, 0.2) is 100 Å². The van der Waals surface area contributed by atoms with Crippen molar-refractivity contribution in [3.05, 3.63) is 101 Å². The molecule has 2 N–H and O–H groups in total. The number of thioether (sulfide) groups is 1. The van der Waals surface area contributed by atoms with Crippen molar-refractivity contribution in [3.8, 4) is 22.8 Å². The van der Waals surface area contributed by atoms with Gasteiger partial charge in [-0.2, -0.15) is 5.10 Å². The van der Waals surface area contributed by atoms with E-state index in [1.807, 2.05) is 71.3 Å². The standard InChI is InChI=1S/C26H22BrN5O2S/c1-2-8-18-9-6-11-20(24(18)34)16-28-29-23(33)17-35-26-31-30-25(19-10-7-12-21(27)15-19)32(26)22-13-4-3-5-14-22/h2-7,9-16,34H,1,8,17H2,(H,29,33). The number of nitrogens with one attached hydrogen (secondary N) is 1. The lowest BCUT2D eigenvalue weighted by molar-refractivity contribution is -0.118. The Balaban J connectivity index is 1.48. The number of hydrogen-bond acceptors (Lipinski definition) is 6. The molecule has 0 aliphatic rings. The molecule has 4 rings (SSSR count). The predicted molar refractivity (Wildman–Crippen MR) is 143 cm³/mol. The monoisotopic (exact) mass is 547 g/mol. The minimum Gasteiger partial charge on any atom is -0.507 e. The first kappa shape index (κ1) is 24.4. The van der Waals surface area contributed by atoms with E-state index in [-0.39, 0.29) is 17.4 Å². The highest BCUT2D eigenvalue weighted by Crippen LogP contribution is 2.29. The number of halogens is 1. The zero-order chi connectivity index (χ0) is 24.6. The molecule has 0 unspecified atom stereocenters. The molecule has 1 aromatic heterocycles. The van der Waals surface area contributed by atoms with Crippen LogP contribution in [0.5, 0.6) is 5.75 Å². The minimum absolute atomic E-state index is 0.0866. The van der Waals surface area contributed by atoms with Crippen LogP contribution in [0.25, 0.3) is 17.1 Å². The summed E-state index contributed by atoms with van der Waals surface area (Å²) in [5.74, 6) is 0.576. The van der Waals surface area contributed by atoms with Crippen molar-refractivity contribution in [2.75, 3.05) is 5.75 Å². The Labute approximate surface area is 215 Å². The molecule has 35 heavy (non-hydrogen) atoms. The normalized spacial score (nSPS) is 11.0. The number of phenols is 1. The smallest absolute Gasteiger partial charge is 0.250 e. The Bertz CT molecular complexity index is 1370. The molecule has 9 heteroatoms. The zero-order valence-corrected chi connectivity index (χ0v) is 21.0. The number of aromatic nitrogens is 3. The van der Waals surface area contributed by atoms with Gasteiger partial charge >= 0.3 is 0 Å². The molecule has 7 nitrogen and oxygen atoms in total. The summed E-state index contributed by atoms with van der Waals surface area (Å²) in [7, 11) is 0. The van der Waals surface area contributed by atoms with E-state index in [1.54, 1.807) is 12.1 Å². The summed E-state index contributed by atoms with van der Waals surface area (Å²) in [5, 5.41) is 23.6. The lowest BCUT2D eigenvalue weighted by atomic mass is 10.1. The number of allylic oxidation sites excluding steroid dienone is 1. The number of carbonyl (C=O) groups excluding carboxylic acids is 1. The second kappa shape index (κ2) is 11.6. The van der Waals surface area contributed by atoms with Gasteiger partial charge in [-0.1, -0.05) is 76.2 Å². The van der Waals surface area contributed by atoms with Gasteiger partial charge in [0.25, 0.3) is 5.91 Å². The molecule has 0 radical (unpaired) electrons. The maximum absolute atomic E-state index is 12.4. The first-order valence-corrected chi connectivity index (χ1v) is 12.5. The van der Waals surface area contributed by atoms with Crippen LogP contribution in [0.4, 0.5) is 0 Å². The van der Waals surface area contributed by atoms with E-state index >= 15 is 0 Å². The summed E-state index contributed by atoms with van der Waals surface area (Å²) in [5.41, 5.74) is 5.55. The molecule has 0 saturated carbocycles. The molecular formula is C26H22BrN5O2S. The molecule has 176 valence electrons. The zero-order valence-electron chi connectivity index (χ0n) is 18.6. The molecule has 4 aromatic rings. The van der Waals surface area contributed by atoms with Gasteiger partial charge in [-0.15, -0.1) is 16.8 Å². The highest BCUT2D eigenvalue weighted by Gasteiger charge is 2.17. The lowest BCUT2D eigenvalue weighted by Gasteiger charge is -2.10. The summed E-state index contributed by atoms with van der Waals surface area (Å²) in [6.07, 6.45) is 3.67. The van der Waals surface area contributed by atoms with Crippen LogP contribution in [0, 0.1) is 0 Å². The van der Waals surface area contributed by atoms with Crippen LogP contribution < -0.4 is 5.43 Å². The molecule has 0 bridgehead atoms. The molecule has 0 atom stereocenters. The highest BCUT2D eigenvalue weighted by atomic mass is 79.9. The number of para-hydroxylation sites is 2. The van der Waals surface area contributed by atoms with Crippen LogP contribution in [0.3, 0.4) is 0 Å². The third-order valence-corrected chi connectivity index (χ3v) is 6.39. The topological polar surface area (TPSA) is 92.4 Å². The van der Waals surface area contributed by atoms with Crippen molar-refractivity contribution < 1.29 is 9.90 Å². The fourth-order valence-electron chi connectivity index (χ4n) is 3.36. The largest absolute Gasteiger partial charge is 0.507 e.